The van der Waals surface area contributed by atoms with Crippen LogP contribution in [0.4, 0.5) is 0 Å². The molecule has 9 heteroatoms. The molecule has 3 heterocycles. The summed E-state index contributed by atoms with van der Waals surface area (Å²) in [5, 5.41) is 12.0. The first-order valence-electron chi connectivity index (χ1n) is 12.1. The number of tetrazole rings is 1. The Kier molecular flexibility index (Phi) is 6.37. The minimum absolute atomic E-state index is 0.163. The molecule has 8 nitrogen and oxygen atoms in total. The van der Waals surface area contributed by atoms with Gasteiger partial charge in [0.1, 0.15) is 12.2 Å². The summed E-state index contributed by atoms with van der Waals surface area (Å²) in [7, 11) is 0. The minimum Gasteiger partial charge on any atom is -0.340 e. The van der Waals surface area contributed by atoms with Gasteiger partial charge in [-0.3, -0.25) is 4.79 Å². The van der Waals surface area contributed by atoms with Crippen LogP contribution in [-0.2, 0) is 6.42 Å². The molecular weight excluding hydrogens is 498 g/mol. The molecule has 0 amide bonds. The SMILES string of the molecule is O=c1cc(-c2cc(Cl)ccc2-n2cnnn2)ccn1C(Cc1ccccc1)c1ncc(-c2ccccc2)[nH]1. The second kappa shape index (κ2) is 10.3. The third-order valence-electron chi connectivity index (χ3n) is 6.42. The first kappa shape index (κ1) is 23.6. The molecule has 0 bridgehead atoms. The van der Waals surface area contributed by atoms with Crippen LogP contribution in [0.25, 0.3) is 28.1 Å². The van der Waals surface area contributed by atoms with Gasteiger partial charge >= 0.3 is 0 Å². The first-order chi connectivity index (χ1) is 18.7. The Morgan fingerprint density at radius 1 is 0.895 bits per heavy atom. The second-order valence-corrected chi connectivity index (χ2v) is 9.27. The Morgan fingerprint density at radius 3 is 2.42 bits per heavy atom. The molecule has 1 unspecified atom stereocenters. The molecule has 1 atom stereocenters. The summed E-state index contributed by atoms with van der Waals surface area (Å²) in [6.45, 7) is 0. The number of H-pyrrole nitrogens is 1. The number of nitrogens with one attached hydrogen (secondary N) is 1. The van der Waals surface area contributed by atoms with Crippen molar-refractivity contribution < 1.29 is 0 Å². The van der Waals surface area contributed by atoms with Gasteiger partial charge < -0.3 is 9.55 Å². The largest absolute Gasteiger partial charge is 0.340 e. The average Bonchev–Trinajstić information content (AvgIpc) is 3.66. The third kappa shape index (κ3) is 4.77. The number of imidazole rings is 1. The van der Waals surface area contributed by atoms with Crippen LogP contribution in [-0.4, -0.2) is 34.7 Å². The predicted molar refractivity (Wildman–Crippen MR) is 146 cm³/mol. The van der Waals surface area contributed by atoms with E-state index in [0.717, 1.165) is 28.1 Å². The van der Waals surface area contributed by atoms with Gasteiger partial charge in [-0.05, 0) is 51.4 Å². The first-order valence-corrected chi connectivity index (χ1v) is 12.4. The zero-order valence-electron chi connectivity index (χ0n) is 20.1. The van der Waals surface area contributed by atoms with Crippen LogP contribution in [0.3, 0.4) is 0 Å². The number of nitrogens with zero attached hydrogens (tertiary/aromatic N) is 6. The minimum atomic E-state index is -0.338. The van der Waals surface area contributed by atoms with Crippen LogP contribution in [0.15, 0.2) is 115 Å². The van der Waals surface area contributed by atoms with Gasteiger partial charge in [0.25, 0.3) is 5.56 Å². The lowest BCUT2D eigenvalue weighted by molar-refractivity contribution is 0.537. The molecule has 6 rings (SSSR count). The Hall–Kier alpha value is -4.82. The van der Waals surface area contributed by atoms with E-state index in [9.17, 15) is 4.79 Å². The van der Waals surface area contributed by atoms with E-state index in [4.69, 9.17) is 11.6 Å². The van der Waals surface area contributed by atoms with Crippen molar-refractivity contribution in [3.05, 3.63) is 136 Å². The number of hydrogen-bond donors (Lipinski definition) is 1. The molecule has 0 radical (unpaired) electrons. The molecule has 0 fully saturated rings. The smallest absolute Gasteiger partial charge is 0.251 e. The van der Waals surface area contributed by atoms with E-state index in [1.165, 1.54) is 6.33 Å². The lowest BCUT2D eigenvalue weighted by Gasteiger charge is -2.19. The van der Waals surface area contributed by atoms with E-state index in [2.05, 4.69) is 37.6 Å². The molecule has 186 valence electrons. The van der Waals surface area contributed by atoms with E-state index in [0.29, 0.717) is 22.8 Å². The average molecular weight is 520 g/mol. The molecule has 0 saturated carbocycles. The fourth-order valence-electron chi connectivity index (χ4n) is 4.56. The van der Waals surface area contributed by atoms with Crippen molar-refractivity contribution >= 4 is 11.6 Å². The highest BCUT2D eigenvalue weighted by Gasteiger charge is 2.21. The third-order valence-corrected chi connectivity index (χ3v) is 6.65. The fraction of sp³-hybridized carbons (Fsp3) is 0.0690. The maximum atomic E-state index is 13.6. The number of benzene rings is 3. The molecule has 0 aliphatic carbocycles. The lowest BCUT2D eigenvalue weighted by atomic mass is 10.0. The molecule has 0 spiro atoms. The number of pyridine rings is 1. The van der Waals surface area contributed by atoms with Gasteiger partial charge in [-0.25, -0.2) is 4.98 Å². The van der Waals surface area contributed by atoms with Gasteiger partial charge in [0.05, 0.1) is 23.6 Å². The standard InChI is InChI=1S/C29H22ClN7O/c30-23-11-12-26(37-19-32-34-35-37)24(17-23)22-13-14-36(28(38)16-22)27(15-20-7-3-1-4-8-20)29-31-18-25(33-29)21-9-5-2-6-10-21/h1-14,16-19,27H,15H2,(H,31,33). The van der Waals surface area contributed by atoms with Gasteiger partial charge in [-0.15, -0.1) is 5.10 Å². The number of hydrogen-bond acceptors (Lipinski definition) is 5. The highest BCUT2D eigenvalue weighted by atomic mass is 35.5. The molecule has 0 aliphatic rings. The van der Waals surface area contributed by atoms with Crippen LogP contribution in [0, 0.1) is 0 Å². The molecule has 6 aromatic rings. The number of rotatable bonds is 7. The molecule has 1 N–H and O–H groups in total. The van der Waals surface area contributed by atoms with Crippen LogP contribution in [0.1, 0.15) is 17.4 Å². The fourth-order valence-corrected chi connectivity index (χ4v) is 4.73. The van der Waals surface area contributed by atoms with E-state index in [1.807, 2.05) is 66.9 Å². The molecule has 38 heavy (non-hydrogen) atoms. The Labute approximate surface area is 223 Å². The molecule has 3 aromatic heterocycles. The van der Waals surface area contributed by atoms with Crippen LogP contribution >= 0.6 is 11.6 Å². The van der Waals surface area contributed by atoms with Gasteiger partial charge in [0, 0.05) is 29.3 Å². The number of aromatic amines is 1. The van der Waals surface area contributed by atoms with E-state index in [-0.39, 0.29) is 11.6 Å². The zero-order valence-corrected chi connectivity index (χ0v) is 20.9. The number of halogens is 1. The van der Waals surface area contributed by atoms with Crippen LogP contribution in [0.5, 0.6) is 0 Å². The van der Waals surface area contributed by atoms with Gasteiger partial charge in [0.15, 0.2) is 0 Å². The van der Waals surface area contributed by atoms with Crippen molar-refractivity contribution in [3.8, 4) is 28.1 Å². The maximum Gasteiger partial charge on any atom is 0.251 e. The summed E-state index contributed by atoms with van der Waals surface area (Å²) >= 11 is 6.32. The summed E-state index contributed by atoms with van der Waals surface area (Å²) in [6, 6.07) is 28.6. The van der Waals surface area contributed by atoms with Gasteiger partial charge in [-0.2, -0.15) is 4.68 Å². The second-order valence-electron chi connectivity index (χ2n) is 8.83. The number of aromatic nitrogens is 7. The van der Waals surface area contributed by atoms with Crippen molar-refractivity contribution in [2.24, 2.45) is 0 Å². The summed E-state index contributed by atoms with van der Waals surface area (Å²) in [4.78, 5) is 21.8. The van der Waals surface area contributed by atoms with Crippen LogP contribution in [0.2, 0.25) is 5.02 Å². The lowest BCUT2D eigenvalue weighted by Crippen LogP contribution is -2.27. The van der Waals surface area contributed by atoms with Crippen molar-refractivity contribution in [3.63, 3.8) is 0 Å². The zero-order chi connectivity index (χ0) is 25.9. The molecule has 0 aliphatic heterocycles. The Balaban J connectivity index is 1.42. The van der Waals surface area contributed by atoms with Gasteiger partial charge in [-0.1, -0.05) is 72.3 Å². The molecular formula is C29H22ClN7O. The quantitative estimate of drug-likeness (QED) is 0.306. The highest BCUT2D eigenvalue weighted by Crippen LogP contribution is 2.29. The summed E-state index contributed by atoms with van der Waals surface area (Å²) in [5.74, 6) is 0.708. The van der Waals surface area contributed by atoms with E-state index in [1.54, 1.807) is 33.6 Å². The summed E-state index contributed by atoms with van der Waals surface area (Å²) < 4.78 is 3.26. The Bertz CT molecular complexity index is 1730. The summed E-state index contributed by atoms with van der Waals surface area (Å²) in [5.41, 5.74) is 5.04. The van der Waals surface area contributed by atoms with Crippen LogP contribution < -0.4 is 5.56 Å². The van der Waals surface area contributed by atoms with E-state index >= 15 is 0 Å². The summed E-state index contributed by atoms with van der Waals surface area (Å²) in [6.07, 6.45) is 5.71. The highest BCUT2D eigenvalue weighted by molar-refractivity contribution is 6.31. The normalized spacial score (nSPS) is 11.9. The molecule has 0 saturated heterocycles. The molecule has 3 aromatic carbocycles. The van der Waals surface area contributed by atoms with Crippen molar-refractivity contribution in [1.82, 2.24) is 34.7 Å². The van der Waals surface area contributed by atoms with Crippen molar-refractivity contribution in [1.29, 1.82) is 0 Å². The van der Waals surface area contributed by atoms with Gasteiger partial charge in [0.2, 0.25) is 0 Å². The van der Waals surface area contributed by atoms with Crippen molar-refractivity contribution in [2.45, 2.75) is 12.5 Å². The predicted octanol–water partition coefficient (Wildman–Crippen LogP) is 5.37. The monoisotopic (exact) mass is 519 g/mol. The maximum absolute atomic E-state index is 13.6. The van der Waals surface area contributed by atoms with Crippen molar-refractivity contribution in [2.75, 3.05) is 0 Å². The van der Waals surface area contributed by atoms with E-state index < -0.39 is 0 Å². The Morgan fingerprint density at radius 2 is 1.68 bits per heavy atom. The topological polar surface area (TPSA) is 94.3 Å².